The first-order chi connectivity index (χ1) is 7.90. The Morgan fingerprint density at radius 3 is 2.47 bits per heavy atom. The molecule has 1 aromatic rings. The van der Waals surface area contributed by atoms with E-state index in [-0.39, 0.29) is 5.02 Å². The average molecular weight is 287 g/mol. The molecule has 96 valence electrons. The van der Waals surface area contributed by atoms with Crippen molar-refractivity contribution in [3.8, 4) is 0 Å². The van der Waals surface area contributed by atoms with Crippen LogP contribution < -0.4 is 4.90 Å². The summed E-state index contributed by atoms with van der Waals surface area (Å²) in [5.41, 5.74) is -0.854. The molecule has 1 rings (SSSR count). The van der Waals surface area contributed by atoms with Gasteiger partial charge in [-0.3, -0.25) is 0 Å². The van der Waals surface area contributed by atoms with Crippen LogP contribution in [0, 0.1) is 0 Å². The third-order valence-corrected chi connectivity index (χ3v) is 2.63. The fourth-order valence-corrected chi connectivity index (χ4v) is 1.82. The Morgan fingerprint density at radius 2 is 2.06 bits per heavy atom. The van der Waals surface area contributed by atoms with Crippen molar-refractivity contribution in [3.05, 3.63) is 22.8 Å². The molecule has 0 N–H and O–H groups in total. The molecule has 0 saturated heterocycles. The SMILES string of the molecule is CCN(CCCl)c1ncc(C(F)(F)F)cc1Cl. The van der Waals surface area contributed by atoms with Gasteiger partial charge in [-0.2, -0.15) is 13.2 Å². The highest BCUT2D eigenvalue weighted by atomic mass is 35.5. The molecule has 1 heterocycles. The van der Waals surface area contributed by atoms with Gasteiger partial charge in [-0.05, 0) is 13.0 Å². The van der Waals surface area contributed by atoms with E-state index in [2.05, 4.69) is 4.98 Å². The van der Waals surface area contributed by atoms with Gasteiger partial charge in [0.1, 0.15) is 5.82 Å². The van der Waals surface area contributed by atoms with Crippen LogP contribution in [-0.4, -0.2) is 24.0 Å². The molecule has 17 heavy (non-hydrogen) atoms. The van der Waals surface area contributed by atoms with Gasteiger partial charge in [0.2, 0.25) is 0 Å². The number of anilines is 1. The third kappa shape index (κ3) is 3.64. The zero-order chi connectivity index (χ0) is 13.1. The van der Waals surface area contributed by atoms with Crippen molar-refractivity contribution in [2.75, 3.05) is 23.9 Å². The van der Waals surface area contributed by atoms with Gasteiger partial charge in [-0.15, -0.1) is 11.6 Å². The average Bonchev–Trinajstić information content (AvgIpc) is 2.25. The van der Waals surface area contributed by atoms with E-state index in [0.29, 0.717) is 24.8 Å². The molecule has 0 saturated carbocycles. The normalized spacial score (nSPS) is 11.6. The zero-order valence-electron chi connectivity index (χ0n) is 9.06. The van der Waals surface area contributed by atoms with Crippen LogP contribution in [0.5, 0.6) is 0 Å². The first-order valence-corrected chi connectivity index (χ1v) is 5.85. The number of pyridine rings is 1. The Labute approximate surface area is 107 Å². The molecule has 0 aromatic carbocycles. The maximum Gasteiger partial charge on any atom is 0.417 e. The number of hydrogen-bond acceptors (Lipinski definition) is 2. The van der Waals surface area contributed by atoms with E-state index < -0.39 is 11.7 Å². The van der Waals surface area contributed by atoms with Crippen LogP contribution in [0.15, 0.2) is 12.3 Å². The molecule has 0 aliphatic heterocycles. The Hall–Kier alpha value is -0.680. The van der Waals surface area contributed by atoms with Crippen LogP contribution in [0.3, 0.4) is 0 Å². The van der Waals surface area contributed by atoms with Crippen LogP contribution in [0.1, 0.15) is 12.5 Å². The summed E-state index contributed by atoms with van der Waals surface area (Å²) in [6, 6.07) is 0.876. The highest BCUT2D eigenvalue weighted by Gasteiger charge is 2.31. The molecular formula is C10H11Cl2F3N2. The van der Waals surface area contributed by atoms with Gasteiger partial charge in [-0.1, -0.05) is 11.6 Å². The fraction of sp³-hybridized carbons (Fsp3) is 0.500. The van der Waals surface area contributed by atoms with E-state index in [4.69, 9.17) is 23.2 Å². The molecule has 0 atom stereocenters. The van der Waals surface area contributed by atoms with Crippen molar-refractivity contribution in [2.45, 2.75) is 13.1 Å². The van der Waals surface area contributed by atoms with E-state index in [0.717, 1.165) is 12.3 Å². The molecular weight excluding hydrogens is 276 g/mol. The lowest BCUT2D eigenvalue weighted by atomic mass is 10.2. The first kappa shape index (κ1) is 14.4. The van der Waals surface area contributed by atoms with E-state index in [1.807, 2.05) is 6.92 Å². The lowest BCUT2D eigenvalue weighted by Gasteiger charge is -2.22. The van der Waals surface area contributed by atoms with E-state index in [1.54, 1.807) is 4.90 Å². The minimum absolute atomic E-state index is 0.0215. The Kier molecular flexibility index (Phi) is 4.89. The van der Waals surface area contributed by atoms with E-state index >= 15 is 0 Å². The van der Waals surface area contributed by atoms with E-state index in [1.165, 1.54) is 0 Å². The van der Waals surface area contributed by atoms with Crippen LogP contribution in [0.25, 0.3) is 0 Å². The topological polar surface area (TPSA) is 16.1 Å². The summed E-state index contributed by atoms with van der Waals surface area (Å²) in [5, 5.41) is -0.0215. The summed E-state index contributed by atoms with van der Waals surface area (Å²) in [5.74, 6) is 0.676. The summed E-state index contributed by atoms with van der Waals surface area (Å²) in [6.45, 7) is 2.91. The number of aromatic nitrogens is 1. The van der Waals surface area contributed by atoms with Gasteiger partial charge in [0.05, 0.1) is 10.6 Å². The Bertz CT molecular complexity index is 382. The van der Waals surface area contributed by atoms with Crippen molar-refractivity contribution in [3.63, 3.8) is 0 Å². The van der Waals surface area contributed by atoms with Crippen molar-refractivity contribution < 1.29 is 13.2 Å². The second-order valence-corrected chi connectivity index (χ2v) is 4.08. The maximum absolute atomic E-state index is 12.4. The van der Waals surface area contributed by atoms with Gasteiger partial charge in [0, 0.05) is 25.2 Å². The quantitative estimate of drug-likeness (QED) is 0.783. The van der Waals surface area contributed by atoms with Gasteiger partial charge in [0.25, 0.3) is 0 Å². The molecule has 1 aromatic heterocycles. The largest absolute Gasteiger partial charge is 0.417 e. The molecule has 0 amide bonds. The number of alkyl halides is 4. The minimum Gasteiger partial charge on any atom is -0.354 e. The molecule has 0 spiro atoms. The van der Waals surface area contributed by atoms with E-state index in [9.17, 15) is 13.2 Å². The number of nitrogens with zero attached hydrogens (tertiary/aromatic N) is 2. The standard InChI is InChI=1S/C10H11Cl2F3N2/c1-2-17(4-3-11)9-8(12)5-7(6-16-9)10(13,14)15/h5-6H,2-4H2,1H3. The number of rotatable bonds is 4. The second-order valence-electron chi connectivity index (χ2n) is 3.30. The Balaban J connectivity index is 3.04. The maximum atomic E-state index is 12.4. The molecule has 0 bridgehead atoms. The summed E-state index contributed by atoms with van der Waals surface area (Å²) >= 11 is 11.4. The van der Waals surface area contributed by atoms with Crippen molar-refractivity contribution in [2.24, 2.45) is 0 Å². The molecule has 7 heteroatoms. The molecule has 0 unspecified atom stereocenters. The smallest absolute Gasteiger partial charge is 0.354 e. The predicted octanol–water partition coefficient (Wildman–Crippen LogP) is 3.82. The number of halogens is 5. The summed E-state index contributed by atoms with van der Waals surface area (Å²) < 4.78 is 37.2. The van der Waals surface area contributed by atoms with Crippen LogP contribution in [0.4, 0.5) is 19.0 Å². The second kappa shape index (κ2) is 5.78. The molecule has 0 aliphatic rings. The van der Waals surface area contributed by atoms with Crippen LogP contribution in [0.2, 0.25) is 5.02 Å². The monoisotopic (exact) mass is 286 g/mol. The molecule has 0 aliphatic carbocycles. The van der Waals surface area contributed by atoms with Gasteiger partial charge in [-0.25, -0.2) is 4.98 Å². The Morgan fingerprint density at radius 1 is 1.41 bits per heavy atom. The summed E-state index contributed by atoms with van der Waals surface area (Å²) in [7, 11) is 0. The summed E-state index contributed by atoms with van der Waals surface area (Å²) in [6.07, 6.45) is -3.66. The van der Waals surface area contributed by atoms with Gasteiger partial charge in [0.15, 0.2) is 0 Å². The fourth-order valence-electron chi connectivity index (χ4n) is 1.33. The minimum atomic E-state index is -4.43. The van der Waals surface area contributed by atoms with Crippen molar-refractivity contribution >= 4 is 29.0 Å². The highest BCUT2D eigenvalue weighted by Crippen LogP contribution is 2.33. The summed E-state index contributed by atoms with van der Waals surface area (Å²) in [4.78, 5) is 5.47. The van der Waals surface area contributed by atoms with Crippen molar-refractivity contribution in [1.29, 1.82) is 0 Å². The highest BCUT2D eigenvalue weighted by molar-refractivity contribution is 6.33. The lowest BCUT2D eigenvalue weighted by Crippen LogP contribution is -2.26. The molecule has 2 nitrogen and oxygen atoms in total. The van der Waals surface area contributed by atoms with Crippen LogP contribution in [-0.2, 0) is 6.18 Å². The van der Waals surface area contributed by atoms with Gasteiger partial charge >= 0.3 is 6.18 Å². The molecule has 0 radical (unpaired) electrons. The molecule has 0 fully saturated rings. The van der Waals surface area contributed by atoms with Crippen molar-refractivity contribution in [1.82, 2.24) is 4.98 Å². The lowest BCUT2D eigenvalue weighted by molar-refractivity contribution is -0.137. The number of hydrogen-bond donors (Lipinski definition) is 0. The van der Waals surface area contributed by atoms with Crippen LogP contribution >= 0.6 is 23.2 Å². The van der Waals surface area contributed by atoms with Gasteiger partial charge < -0.3 is 4.90 Å². The third-order valence-electron chi connectivity index (χ3n) is 2.18. The first-order valence-electron chi connectivity index (χ1n) is 4.93. The predicted molar refractivity (Wildman–Crippen MR) is 62.9 cm³/mol. The zero-order valence-corrected chi connectivity index (χ0v) is 10.6.